The summed E-state index contributed by atoms with van der Waals surface area (Å²) in [6.45, 7) is 2.50. The average molecular weight is 317 g/mol. The zero-order chi connectivity index (χ0) is 15.9. The molecule has 0 aliphatic carbocycles. The summed E-state index contributed by atoms with van der Waals surface area (Å²) in [7, 11) is 1.61. The van der Waals surface area contributed by atoms with Crippen molar-refractivity contribution in [1.29, 1.82) is 5.26 Å². The van der Waals surface area contributed by atoms with Crippen molar-refractivity contribution in [2.75, 3.05) is 19.0 Å². The molecule has 0 saturated heterocycles. The minimum absolute atomic E-state index is 0.0986. The SMILES string of the molecule is COc1ccccc1OC(C)CNc1ccc(Cl)cc1C#N. The summed E-state index contributed by atoms with van der Waals surface area (Å²) in [6.07, 6.45) is -0.0986. The number of anilines is 1. The van der Waals surface area contributed by atoms with Crippen molar-refractivity contribution in [3.63, 3.8) is 0 Å². The van der Waals surface area contributed by atoms with Crippen molar-refractivity contribution in [3.05, 3.63) is 53.1 Å². The first-order chi connectivity index (χ1) is 10.6. The van der Waals surface area contributed by atoms with E-state index in [9.17, 15) is 0 Å². The first-order valence-electron chi connectivity index (χ1n) is 6.87. The molecule has 0 fully saturated rings. The van der Waals surface area contributed by atoms with Crippen molar-refractivity contribution < 1.29 is 9.47 Å². The smallest absolute Gasteiger partial charge is 0.161 e. The molecule has 22 heavy (non-hydrogen) atoms. The molecule has 1 unspecified atom stereocenters. The summed E-state index contributed by atoms with van der Waals surface area (Å²) in [6, 6.07) is 14.8. The molecule has 0 aromatic heterocycles. The third kappa shape index (κ3) is 4.06. The number of nitrogens with one attached hydrogen (secondary N) is 1. The van der Waals surface area contributed by atoms with E-state index in [1.807, 2.05) is 31.2 Å². The van der Waals surface area contributed by atoms with E-state index in [0.29, 0.717) is 28.6 Å². The quantitative estimate of drug-likeness (QED) is 0.871. The van der Waals surface area contributed by atoms with Gasteiger partial charge in [-0.1, -0.05) is 23.7 Å². The zero-order valence-corrected chi connectivity index (χ0v) is 13.2. The Kier molecular flexibility index (Phi) is 5.51. The van der Waals surface area contributed by atoms with E-state index in [1.165, 1.54) is 0 Å². The predicted octanol–water partition coefficient (Wildman–Crippen LogP) is 4.10. The highest BCUT2D eigenvalue weighted by Gasteiger charge is 2.09. The van der Waals surface area contributed by atoms with Gasteiger partial charge in [0.2, 0.25) is 0 Å². The number of hydrogen-bond acceptors (Lipinski definition) is 4. The molecule has 1 N–H and O–H groups in total. The Hall–Kier alpha value is -2.38. The second-order valence-electron chi connectivity index (χ2n) is 4.76. The number of rotatable bonds is 6. The van der Waals surface area contributed by atoms with Gasteiger partial charge in [-0.15, -0.1) is 0 Å². The molecule has 0 bridgehead atoms. The molecule has 0 saturated carbocycles. The summed E-state index contributed by atoms with van der Waals surface area (Å²) >= 11 is 5.88. The Balaban J connectivity index is 1.99. The van der Waals surface area contributed by atoms with Crippen molar-refractivity contribution >= 4 is 17.3 Å². The van der Waals surface area contributed by atoms with Crippen LogP contribution >= 0.6 is 11.6 Å². The van der Waals surface area contributed by atoms with Crippen LogP contribution in [0.4, 0.5) is 5.69 Å². The standard InChI is InChI=1S/C17H17ClN2O2/c1-12(22-17-6-4-3-5-16(17)21-2)11-20-15-8-7-14(18)9-13(15)10-19/h3-9,12,20H,11H2,1-2H3. The Morgan fingerprint density at radius 2 is 1.95 bits per heavy atom. The maximum Gasteiger partial charge on any atom is 0.161 e. The van der Waals surface area contributed by atoms with Crippen LogP contribution in [0.5, 0.6) is 11.5 Å². The molecule has 2 aromatic rings. The largest absolute Gasteiger partial charge is 0.493 e. The topological polar surface area (TPSA) is 54.3 Å². The lowest BCUT2D eigenvalue weighted by atomic mass is 10.2. The lowest BCUT2D eigenvalue weighted by Crippen LogP contribution is -2.23. The molecule has 1 atom stereocenters. The van der Waals surface area contributed by atoms with E-state index in [2.05, 4.69) is 11.4 Å². The molecule has 0 spiro atoms. The number of methoxy groups -OCH3 is 1. The van der Waals surface area contributed by atoms with Gasteiger partial charge in [-0.2, -0.15) is 5.26 Å². The zero-order valence-electron chi connectivity index (χ0n) is 12.5. The van der Waals surface area contributed by atoms with E-state index in [0.717, 1.165) is 5.69 Å². The molecule has 0 amide bonds. The van der Waals surface area contributed by atoms with Gasteiger partial charge in [0.05, 0.1) is 24.9 Å². The lowest BCUT2D eigenvalue weighted by Gasteiger charge is -2.18. The molecule has 0 heterocycles. The number of nitriles is 1. The Morgan fingerprint density at radius 1 is 1.23 bits per heavy atom. The summed E-state index contributed by atoms with van der Waals surface area (Å²) in [5.74, 6) is 1.38. The van der Waals surface area contributed by atoms with Gasteiger partial charge < -0.3 is 14.8 Å². The van der Waals surface area contributed by atoms with Gasteiger partial charge in [0, 0.05) is 5.02 Å². The monoisotopic (exact) mass is 316 g/mol. The van der Waals surface area contributed by atoms with Crippen molar-refractivity contribution in [1.82, 2.24) is 0 Å². The third-order valence-corrected chi connectivity index (χ3v) is 3.31. The highest BCUT2D eigenvalue weighted by Crippen LogP contribution is 2.27. The fourth-order valence-electron chi connectivity index (χ4n) is 1.99. The number of para-hydroxylation sites is 2. The van der Waals surface area contributed by atoms with E-state index < -0.39 is 0 Å². The number of nitrogens with zero attached hydrogens (tertiary/aromatic N) is 1. The van der Waals surface area contributed by atoms with Crippen LogP contribution in [-0.2, 0) is 0 Å². The van der Waals surface area contributed by atoms with Crippen LogP contribution in [0.3, 0.4) is 0 Å². The second-order valence-corrected chi connectivity index (χ2v) is 5.20. The highest BCUT2D eigenvalue weighted by molar-refractivity contribution is 6.30. The maximum absolute atomic E-state index is 9.12. The van der Waals surface area contributed by atoms with Crippen molar-refractivity contribution in [3.8, 4) is 17.6 Å². The molecule has 0 aliphatic heterocycles. The summed E-state index contributed by atoms with van der Waals surface area (Å²) in [4.78, 5) is 0. The van der Waals surface area contributed by atoms with Gasteiger partial charge in [-0.05, 0) is 37.3 Å². The van der Waals surface area contributed by atoms with Gasteiger partial charge in [-0.25, -0.2) is 0 Å². The Labute approximate surface area is 135 Å². The minimum atomic E-state index is -0.0986. The lowest BCUT2D eigenvalue weighted by molar-refractivity contribution is 0.223. The molecular weight excluding hydrogens is 300 g/mol. The van der Waals surface area contributed by atoms with Gasteiger partial charge >= 0.3 is 0 Å². The van der Waals surface area contributed by atoms with Crippen LogP contribution < -0.4 is 14.8 Å². The number of benzene rings is 2. The van der Waals surface area contributed by atoms with Crippen LogP contribution in [0.25, 0.3) is 0 Å². The second kappa shape index (κ2) is 7.58. The molecular formula is C17H17ClN2O2. The third-order valence-electron chi connectivity index (χ3n) is 3.08. The first kappa shape index (κ1) is 16.0. The summed E-state index contributed by atoms with van der Waals surface area (Å²) in [5.41, 5.74) is 1.25. The van der Waals surface area contributed by atoms with E-state index in [-0.39, 0.29) is 6.10 Å². The molecule has 114 valence electrons. The fourth-order valence-corrected chi connectivity index (χ4v) is 2.16. The molecule has 0 radical (unpaired) electrons. The van der Waals surface area contributed by atoms with Crippen molar-refractivity contribution in [2.45, 2.75) is 13.0 Å². The molecule has 2 aromatic carbocycles. The molecule has 0 aliphatic rings. The number of ether oxygens (including phenoxy) is 2. The maximum atomic E-state index is 9.12. The predicted molar refractivity (Wildman–Crippen MR) is 87.7 cm³/mol. The van der Waals surface area contributed by atoms with Crippen LogP contribution in [0.2, 0.25) is 5.02 Å². The normalized spacial score (nSPS) is 11.4. The van der Waals surface area contributed by atoms with Crippen molar-refractivity contribution in [2.24, 2.45) is 0 Å². The van der Waals surface area contributed by atoms with Crippen LogP contribution in [0, 0.1) is 11.3 Å². The van der Waals surface area contributed by atoms with Gasteiger partial charge in [0.1, 0.15) is 12.2 Å². The molecule has 5 heteroatoms. The molecule has 2 rings (SSSR count). The summed E-state index contributed by atoms with van der Waals surface area (Å²) < 4.78 is 11.1. The fraction of sp³-hybridized carbons (Fsp3) is 0.235. The number of hydrogen-bond donors (Lipinski definition) is 1. The van der Waals surface area contributed by atoms with Gasteiger partial charge in [0.15, 0.2) is 11.5 Å². The number of halogens is 1. The van der Waals surface area contributed by atoms with E-state index in [1.54, 1.807) is 25.3 Å². The van der Waals surface area contributed by atoms with Crippen LogP contribution in [0.1, 0.15) is 12.5 Å². The van der Waals surface area contributed by atoms with Gasteiger partial charge in [-0.3, -0.25) is 0 Å². The Bertz CT molecular complexity index is 683. The molecule has 4 nitrogen and oxygen atoms in total. The van der Waals surface area contributed by atoms with Crippen LogP contribution in [-0.4, -0.2) is 19.8 Å². The van der Waals surface area contributed by atoms with E-state index >= 15 is 0 Å². The summed E-state index contributed by atoms with van der Waals surface area (Å²) in [5, 5.41) is 12.9. The van der Waals surface area contributed by atoms with Crippen LogP contribution in [0.15, 0.2) is 42.5 Å². The van der Waals surface area contributed by atoms with Gasteiger partial charge in [0.25, 0.3) is 0 Å². The Morgan fingerprint density at radius 3 is 2.64 bits per heavy atom. The highest BCUT2D eigenvalue weighted by atomic mass is 35.5. The first-order valence-corrected chi connectivity index (χ1v) is 7.25. The van der Waals surface area contributed by atoms with E-state index in [4.69, 9.17) is 26.3 Å². The minimum Gasteiger partial charge on any atom is -0.493 e. The average Bonchev–Trinajstić information content (AvgIpc) is 2.54.